The van der Waals surface area contributed by atoms with Crippen LogP contribution >= 0.6 is 0 Å². The summed E-state index contributed by atoms with van der Waals surface area (Å²) in [5, 5.41) is 3.35. The van der Waals surface area contributed by atoms with Crippen LogP contribution in [0.4, 0.5) is 10.1 Å². The Balaban J connectivity index is 2.01. The molecule has 0 radical (unpaired) electrons. The van der Waals surface area contributed by atoms with E-state index in [1.54, 1.807) is 6.07 Å². The first-order valence-electron chi connectivity index (χ1n) is 7.34. The van der Waals surface area contributed by atoms with Crippen LogP contribution in [0.25, 0.3) is 0 Å². The van der Waals surface area contributed by atoms with Gasteiger partial charge in [0, 0.05) is 18.3 Å². The van der Waals surface area contributed by atoms with Crippen molar-refractivity contribution in [1.29, 1.82) is 0 Å². The van der Waals surface area contributed by atoms with Gasteiger partial charge in [0.1, 0.15) is 11.6 Å². The van der Waals surface area contributed by atoms with Crippen molar-refractivity contribution in [2.75, 3.05) is 5.32 Å². The van der Waals surface area contributed by atoms with E-state index in [1.807, 2.05) is 37.3 Å². The lowest BCUT2D eigenvalue weighted by atomic mass is 10.1. The smallest absolute Gasteiger partial charge is 0.123 e. The Morgan fingerprint density at radius 1 is 1.19 bits per heavy atom. The lowest BCUT2D eigenvalue weighted by molar-refractivity contribution is 0.217. The average molecular weight is 287 g/mol. The number of benzene rings is 2. The Bertz CT molecular complexity index is 598. The number of aryl methyl sites for hydroxylation is 1. The van der Waals surface area contributed by atoms with Gasteiger partial charge in [-0.25, -0.2) is 4.39 Å². The molecular formula is C18H22FNO. The average Bonchev–Trinajstić information content (AvgIpc) is 2.46. The van der Waals surface area contributed by atoms with Crippen LogP contribution < -0.4 is 10.1 Å². The molecule has 0 heterocycles. The molecule has 0 bridgehead atoms. The monoisotopic (exact) mass is 287 g/mol. The van der Waals surface area contributed by atoms with Crippen molar-refractivity contribution in [1.82, 2.24) is 0 Å². The molecule has 2 aromatic rings. The Kier molecular flexibility index (Phi) is 5.20. The molecule has 2 rings (SSSR count). The van der Waals surface area contributed by atoms with Gasteiger partial charge in [-0.3, -0.25) is 0 Å². The molecule has 0 aliphatic heterocycles. The highest BCUT2D eigenvalue weighted by Crippen LogP contribution is 2.20. The lowest BCUT2D eigenvalue weighted by Gasteiger charge is -2.14. The summed E-state index contributed by atoms with van der Waals surface area (Å²) in [5.41, 5.74) is 3.04. The zero-order valence-electron chi connectivity index (χ0n) is 12.8. The third-order valence-corrected chi connectivity index (χ3v) is 3.53. The molecule has 3 heteroatoms. The SMILES string of the molecule is CCC(C)Oc1cccc(NCc2ccc(F)cc2C)c1. The largest absolute Gasteiger partial charge is 0.491 e. The van der Waals surface area contributed by atoms with E-state index in [0.717, 1.165) is 29.0 Å². The summed E-state index contributed by atoms with van der Waals surface area (Å²) in [6.07, 6.45) is 1.19. The summed E-state index contributed by atoms with van der Waals surface area (Å²) in [4.78, 5) is 0. The minimum atomic E-state index is -0.194. The molecule has 0 aliphatic rings. The molecule has 1 atom stereocenters. The maximum atomic E-state index is 13.1. The maximum absolute atomic E-state index is 13.1. The van der Waals surface area contributed by atoms with Crippen molar-refractivity contribution in [3.8, 4) is 5.75 Å². The molecule has 21 heavy (non-hydrogen) atoms. The fraction of sp³-hybridized carbons (Fsp3) is 0.333. The van der Waals surface area contributed by atoms with Gasteiger partial charge in [0.15, 0.2) is 0 Å². The Hall–Kier alpha value is -2.03. The molecule has 2 aromatic carbocycles. The van der Waals surface area contributed by atoms with Crippen molar-refractivity contribution in [3.63, 3.8) is 0 Å². The van der Waals surface area contributed by atoms with Crippen LogP contribution in [0.15, 0.2) is 42.5 Å². The summed E-state index contributed by atoms with van der Waals surface area (Å²) in [5.74, 6) is 0.672. The van der Waals surface area contributed by atoms with E-state index in [2.05, 4.69) is 19.2 Å². The molecular weight excluding hydrogens is 265 g/mol. The zero-order valence-corrected chi connectivity index (χ0v) is 12.8. The summed E-state index contributed by atoms with van der Waals surface area (Å²) < 4.78 is 18.9. The number of hydrogen-bond acceptors (Lipinski definition) is 2. The van der Waals surface area contributed by atoms with Crippen LogP contribution in [0, 0.1) is 12.7 Å². The van der Waals surface area contributed by atoms with E-state index in [0.29, 0.717) is 6.54 Å². The first kappa shape index (κ1) is 15.4. The van der Waals surface area contributed by atoms with E-state index in [4.69, 9.17) is 4.74 Å². The van der Waals surface area contributed by atoms with Gasteiger partial charge in [0.05, 0.1) is 6.10 Å². The molecule has 0 saturated heterocycles. The van der Waals surface area contributed by atoms with Gasteiger partial charge in [-0.05, 0) is 55.7 Å². The molecule has 1 N–H and O–H groups in total. The number of rotatable bonds is 6. The van der Waals surface area contributed by atoms with Gasteiger partial charge in [0.2, 0.25) is 0 Å². The predicted molar refractivity (Wildman–Crippen MR) is 85.3 cm³/mol. The molecule has 0 fully saturated rings. The van der Waals surface area contributed by atoms with Gasteiger partial charge in [0.25, 0.3) is 0 Å². The fourth-order valence-corrected chi connectivity index (χ4v) is 2.05. The molecule has 0 aliphatic carbocycles. The Labute approximate surface area is 126 Å². The highest BCUT2D eigenvalue weighted by molar-refractivity contribution is 5.49. The van der Waals surface area contributed by atoms with Gasteiger partial charge in [-0.2, -0.15) is 0 Å². The van der Waals surface area contributed by atoms with Crippen LogP contribution in [0.2, 0.25) is 0 Å². The third-order valence-electron chi connectivity index (χ3n) is 3.53. The number of anilines is 1. The van der Waals surface area contributed by atoms with Crippen molar-refractivity contribution < 1.29 is 9.13 Å². The first-order valence-corrected chi connectivity index (χ1v) is 7.34. The van der Waals surface area contributed by atoms with E-state index in [-0.39, 0.29) is 11.9 Å². The standard InChI is InChI=1S/C18H22FNO/c1-4-14(3)21-18-7-5-6-17(11-18)20-12-15-8-9-16(19)10-13(15)2/h5-11,14,20H,4,12H2,1-3H3. The van der Waals surface area contributed by atoms with Crippen molar-refractivity contribution in [2.45, 2.75) is 39.8 Å². The topological polar surface area (TPSA) is 21.3 Å². The van der Waals surface area contributed by atoms with Crippen molar-refractivity contribution in [2.24, 2.45) is 0 Å². The van der Waals surface area contributed by atoms with E-state index in [1.165, 1.54) is 6.07 Å². The molecule has 1 unspecified atom stereocenters. The normalized spacial score (nSPS) is 12.0. The Morgan fingerprint density at radius 3 is 2.71 bits per heavy atom. The maximum Gasteiger partial charge on any atom is 0.123 e. The molecule has 0 aromatic heterocycles. The first-order chi connectivity index (χ1) is 10.1. The second-order valence-electron chi connectivity index (χ2n) is 5.29. The van der Waals surface area contributed by atoms with Gasteiger partial charge in [-0.15, -0.1) is 0 Å². The van der Waals surface area contributed by atoms with Crippen LogP contribution in [0.1, 0.15) is 31.4 Å². The molecule has 112 valence electrons. The van der Waals surface area contributed by atoms with Crippen LogP contribution in [-0.4, -0.2) is 6.10 Å². The highest BCUT2D eigenvalue weighted by atomic mass is 19.1. The van der Waals surface area contributed by atoms with E-state index >= 15 is 0 Å². The number of nitrogens with one attached hydrogen (secondary N) is 1. The summed E-state index contributed by atoms with van der Waals surface area (Å²) in [6, 6.07) is 12.8. The van der Waals surface area contributed by atoms with Gasteiger partial charge in [-0.1, -0.05) is 19.1 Å². The molecule has 0 spiro atoms. The van der Waals surface area contributed by atoms with E-state index < -0.39 is 0 Å². The van der Waals surface area contributed by atoms with Gasteiger partial charge >= 0.3 is 0 Å². The third kappa shape index (κ3) is 4.48. The molecule has 2 nitrogen and oxygen atoms in total. The van der Waals surface area contributed by atoms with Crippen LogP contribution in [0.3, 0.4) is 0 Å². The highest BCUT2D eigenvalue weighted by Gasteiger charge is 2.03. The summed E-state index contributed by atoms with van der Waals surface area (Å²) >= 11 is 0. The second-order valence-corrected chi connectivity index (χ2v) is 5.29. The lowest BCUT2D eigenvalue weighted by Crippen LogP contribution is -2.10. The number of hydrogen-bond donors (Lipinski definition) is 1. The number of halogens is 1. The quantitative estimate of drug-likeness (QED) is 0.814. The number of ether oxygens (including phenoxy) is 1. The second kappa shape index (κ2) is 7.11. The summed E-state index contributed by atoms with van der Waals surface area (Å²) in [7, 11) is 0. The van der Waals surface area contributed by atoms with Crippen molar-refractivity contribution in [3.05, 3.63) is 59.4 Å². The van der Waals surface area contributed by atoms with Crippen LogP contribution in [-0.2, 0) is 6.54 Å². The van der Waals surface area contributed by atoms with Gasteiger partial charge < -0.3 is 10.1 Å². The fourth-order valence-electron chi connectivity index (χ4n) is 2.05. The van der Waals surface area contributed by atoms with E-state index in [9.17, 15) is 4.39 Å². The minimum Gasteiger partial charge on any atom is -0.491 e. The Morgan fingerprint density at radius 2 is 2.00 bits per heavy atom. The minimum absolute atomic E-state index is 0.194. The molecule has 0 amide bonds. The van der Waals surface area contributed by atoms with Crippen LogP contribution in [0.5, 0.6) is 5.75 Å². The molecule has 0 saturated carbocycles. The predicted octanol–water partition coefficient (Wildman–Crippen LogP) is 4.92. The summed E-state index contributed by atoms with van der Waals surface area (Å²) in [6.45, 7) is 6.74. The zero-order chi connectivity index (χ0) is 15.2. The van der Waals surface area contributed by atoms with Crippen molar-refractivity contribution >= 4 is 5.69 Å².